The number of hydrogen-bond acceptors (Lipinski definition) is 2. The number of likely N-dealkylation sites (tertiary alicyclic amines) is 1. The summed E-state index contributed by atoms with van der Waals surface area (Å²) in [6, 6.07) is 8.45. The van der Waals surface area contributed by atoms with Gasteiger partial charge in [-0.2, -0.15) is 13.2 Å². The van der Waals surface area contributed by atoms with Gasteiger partial charge in [-0.25, -0.2) is 0 Å². The highest BCUT2D eigenvalue weighted by molar-refractivity contribution is 5.79. The molecule has 2 aliphatic heterocycles. The quantitative estimate of drug-likeness (QED) is 0.650. The monoisotopic (exact) mass is 444 g/mol. The third-order valence-electron chi connectivity index (χ3n) is 7.37. The molecule has 1 saturated carbocycles. The fourth-order valence-corrected chi connectivity index (χ4v) is 5.82. The Hall–Kier alpha value is -2.57. The number of fused-ring (bicyclic) bond motifs is 4. The van der Waals surface area contributed by atoms with E-state index < -0.39 is 11.7 Å². The Labute approximate surface area is 185 Å². The maximum Gasteiger partial charge on any atom is 0.416 e. The highest BCUT2D eigenvalue weighted by Crippen LogP contribution is 2.38. The summed E-state index contributed by atoms with van der Waals surface area (Å²) >= 11 is 0. The third-order valence-corrected chi connectivity index (χ3v) is 7.37. The van der Waals surface area contributed by atoms with Gasteiger partial charge in [0.1, 0.15) is 0 Å². The van der Waals surface area contributed by atoms with Crippen LogP contribution < -0.4 is 5.56 Å². The molecule has 7 heteroatoms. The van der Waals surface area contributed by atoms with Gasteiger partial charge in [-0.1, -0.05) is 31.4 Å². The van der Waals surface area contributed by atoms with E-state index >= 15 is 0 Å². The van der Waals surface area contributed by atoms with Crippen LogP contribution in [0.5, 0.6) is 0 Å². The standard InChI is InChI=1S/C25H27F3N2O2/c26-25(27,28)20-8-4-7-18(12-20)21-9-10-22-19-11-16(14-30(22)24(21)32)13-29(15-19)23(31)17-5-2-1-3-6-17/h4,7-10,12,16-17,19H,1-3,5-6,11,13-15H2. The van der Waals surface area contributed by atoms with Gasteiger partial charge in [0.25, 0.3) is 5.56 Å². The Morgan fingerprint density at radius 3 is 2.50 bits per heavy atom. The molecule has 3 heterocycles. The molecule has 4 nitrogen and oxygen atoms in total. The number of hydrogen-bond donors (Lipinski definition) is 0. The number of halogens is 3. The van der Waals surface area contributed by atoms with Crippen molar-refractivity contribution in [3.63, 3.8) is 0 Å². The molecular formula is C25H27F3N2O2. The molecule has 170 valence electrons. The summed E-state index contributed by atoms with van der Waals surface area (Å²) in [5, 5.41) is 0. The lowest BCUT2D eigenvalue weighted by molar-refractivity contribution is -0.139. The first-order valence-corrected chi connectivity index (χ1v) is 11.5. The number of aromatic nitrogens is 1. The second-order valence-corrected chi connectivity index (χ2v) is 9.54. The normalized spacial score (nSPS) is 23.7. The number of benzene rings is 1. The van der Waals surface area contributed by atoms with Crippen molar-refractivity contribution >= 4 is 5.91 Å². The first kappa shape index (κ1) is 21.3. The zero-order valence-corrected chi connectivity index (χ0v) is 17.9. The molecule has 0 radical (unpaired) electrons. The number of piperidine rings is 1. The number of nitrogens with zero attached hydrogens (tertiary/aromatic N) is 2. The lowest BCUT2D eigenvalue weighted by Gasteiger charge is -2.44. The fraction of sp³-hybridized carbons (Fsp3) is 0.520. The van der Waals surface area contributed by atoms with Crippen LogP contribution >= 0.6 is 0 Å². The van der Waals surface area contributed by atoms with E-state index in [4.69, 9.17) is 0 Å². The highest BCUT2D eigenvalue weighted by atomic mass is 19.4. The van der Waals surface area contributed by atoms with E-state index in [1.807, 2.05) is 11.0 Å². The molecule has 3 aliphatic rings. The van der Waals surface area contributed by atoms with Gasteiger partial charge < -0.3 is 9.47 Å². The summed E-state index contributed by atoms with van der Waals surface area (Å²) in [6.07, 6.45) is 1.88. The van der Waals surface area contributed by atoms with Crippen LogP contribution in [-0.4, -0.2) is 28.5 Å². The van der Waals surface area contributed by atoms with E-state index in [2.05, 4.69) is 0 Å². The van der Waals surface area contributed by atoms with Crippen LogP contribution in [0.3, 0.4) is 0 Å². The van der Waals surface area contributed by atoms with Crippen molar-refractivity contribution in [3.8, 4) is 11.1 Å². The second-order valence-electron chi connectivity index (χ2n) is 9.54. The predicted octanol–water partition coefficient (Wildman–Crippen LogP) is 5.06. The molecule has 5 rings (SSSR count). The van der Waals surface area contributed by atoms with Crippen LogP contribution in [0.15, 0.2) is 41.2 Å². The van der Waals surface area contributed by atoms with Gasteiger partial charge in [0.05, 0.1) is 5.56 Å². The van der Waals surface area contributed by atoms with E-state index in [0.29, 0.717) is 19.6 Å². The van der Waals surface area contributed by atoms with Crippen molar-refractivity contribution in [2.75, 3.05) is 13.1 Å². The van der Waals surface area contributed by atoms with Gasteiger partial charge >= 0.3 is 6.18 Å². The van der Waals surface area contributed by atoms with Gasteiger partial charge in [0.15, 0.2) is 0 Å². The Morgan fingerprint density at radius 2 is 1.75 bits per heavy atom. The maximum atomic E-state index is 13.3. The largest absolute Gasteiger partial charge is 0.416 e. The summed E-state index contributed by atoms with van der Waals surface area (Å²) in [7, 11) is 0. The molecule has 2 unspecified atom stereocenters. The number of pyridine rings is 1. The Bertz CT molecular complexity index is 1090. The Kier molecular flexibility index (Phi) is 5.38. The van der Waals surface area contributed by atoms with Crippen LogP contribution in [-0.2, 0) is 17.5 Å². The zero-order chi connectivity index (χ0) is 22.5. The topological polar surface area (TPSA) is 42.3 Å². The van der Waals surface area contributed by atoms with E-state index in [-0.39, 0.29) is 40.3 Å². The first-order valence-electron chi connectivity index (χ1n) is 11.5. The molecule has 1 aliphatic carbocycles. The molecule has 2 aromatic rings. The van der Waals surface area contributed by atoms with Crippen LogP contribution in [0.25, 0.3) is 11.1 Å². The molecule has 2 fully saturated rings. The molecule has 32 heavy (non-hydrogen) atoms. The molecule has 1 saturated heterocycles. The summed E-state index contributed by atoms with van der Waals surface area (Å²) in [6.45, 7) is 1.78. The predicted molar refractivity (Wildman–Crippen MR) is 115 cm³/mol. The molecule has 0 N–H and O–H groups in total. The fourth-order valence-electron chi connectivity index (χ4n) is 5.82. The molecule has 2 bridgehead atoms. The lowest BCUT2D eigenvalue weighted by Crippen LogP contribution is -2.50. The zero-order valence-electron chi connectivity index (χ0n) is 17.9. The minimum atomic E-state index is -4.45. The molecule has 1 amide bonds. The van der Waals surface area contributed by atoms with Gasteiger partial charge in [-0.3, -0.25) is 9.59 Å². The average Bonchev–Trinajstić information content (AvgIpc) is 2.79. The minimum Gasteiger partial charge on any atom is -0.341 e. The van der Waals surface area contributed by atoms with Crippen LogP contribution in [0.4, 0.5) is 13.2 Å². The van der Waals surface area contributed by atoms with Crippen LogP contribution in [0.2, 0.25) is 0 Å². The summed E-state index contributed by atoms with van der Waals surface area (Å²) in [5.41, 5.74) is 0.456. The first-order chi connectivity index (χ1) is 15.3. The van der Waals surface area contributed by atoms with Gasteiger partial charge in [0, 0.05) is 42.7 Å². The second kappa shape index (κ2) is 8.09. The van der Waals surface area contributed by atoms with Crippen molar-refractivity contribution in [2.24, 2.45) is 11.8 Å². The Morgan fingerprint density at radius 1 is 0.969 bits per heavy atom. The van der Waals surface area contributed by atoms with Crippen molar-refractivity contribution in [2.45, 2.75) is 57.2 Å². The van der Waals surface area contributed by atoms with Crippen LogP contribution in [0, 0.1) is 11.8 Å². The van der Waals surface area contributed by atoms with Crippen molar-refractivity contribution in [3.05, 3.63) is 58.0 Å². The molecule has 2 atom stereocenters. The smallest absolute Gasteiger partial charge is 0.341 e. The van der Waals surface area contributed by atoms with Crippen LogP contribution in [0.1, 0.15) is 55.7 Å². The molecule has 1 aromatic heterocycles. The number of carbonyl (C=O) groups is 1. The summed E-state index contributed by atoms with van der Waals surface area (Å²) in [4.78, 5) is 28.4. The average molecular weight is 444 g/mol. The summed E-state index contributed by atoms with van der Waals surface area (Å²) in [5.74, 6) is 0.686. The molecule has 1 aromatic carbocycles. The minimum absolute atomic E-state index is 0.0956. The SMILES string of the molecule is O=C(C1CCCCC1)N1CC2CC(C1)c1ccc(-c3cccc(C(F)(F)F)c3)c(=O)n1C2. The lowest BCUT2D eigenvalue weighted by atomic mass is 9.81. The van der Waals surface area contributed by atoms with Crippen molar-refractivity contribution in [1.29, 1.82) is 0 Å². The van der Waals surface area contributed by atoms with Gasteiger partial charge in [-0.15, -0.1) is 0 Å². The van der Waals surface area contributed by atoms with E-state index in [9.17, 15) is 22.8 Å². The third kappa shape index (κ3) is 3.86. The summed E-state index contributed by atoms with van der Waals surface area (Å²) < 4.78 is 41.1. The number of carbonyl (C=O) groups excluding carboxylic acids is 1. The highest BCUT2D eigenvalue weighted by Gasteiger charge is 2.38. The van der Waals surface area contributed by atoms with Gasteiger partial charge in [0.2, 0.25) is 5.91 Å². The molecule has 0 spiro atoms. The van der Waals surface area contributed by atoms with E-state index in [1.165, 1.54) is 12.5 Å². The van der Waals surface area contributed by atoms with Crippen molar-refractivity contribution < 1.29 is 18.0 Å². The van der Waals surface area contributed by atoms with Gasteiger partial charge in [-0.05, 0) is 55.0 Å². The Balaban J connectivity index is 1.43. The van der Waals surface area contributed by atoms with E-state index in [1.54, 1.807) is 16.7 Å². The maximum absolute atomic E-state index is 13.3. The number of alkyl halides is 3. The van der Waals surface area contributed by atoms with E-state index in [0.717, 1.165) is 49.9 Å². The number of amides is 1. The van der Waals surface area contributed by atoms with Crippen molar-refractivity contribution in [1.82, 2.24) is 9.47 Å². The molecular weight excluding hydrogens is 417 g/mol. The number of rotatable bonds is 2.